The van der Waals surface area contributed by atoms with E-state index in [9.17, 15) is 14.7 Å². The third-order valence-electron chi connectivity index (χ3n) is 10.1. The van der Waals surface area contributed by atoms with Gasteiger partial charge in [0.1, 0.15) is 0 Å². The summed E-state index contributed by atoms with van der Waals surface area (Å²) in [6.45, 7) is 8.74. The summed E-state index contributed by atoms with van der Waals surface area (Å²) < 4.78 is 12.2. The third kappa shape index (κ3) is 32.7. The fraction of sp³-hybridized carbons (Fsp3) is 0.867. The van der Waals surface area contributed by atoms with Crippen molar-refractivity contribution in [2.75, 3.05) is 20.6 Å². The van der Waals surface area contributed by atoms with Crippen LogP contribution in [0.5, 0.6) is 0 Å². The number of quaternary nitrogens is 1. The van der Waals surface area contributed by atoms with Crippen molar-refractivity contribution in [2.24, 2.45) is 0 Å². The highest BCUT2D eigenvalue weighted by atomic mass is 16.6. The van der Waals surface area contributed by atoms with Crippen molar-refractivity contribution < 1.29 is 28.7 Å². The monoisotopic (exact) mass is 721 g/mol. The number of rotatable bonds is 37. The molecule has 51 heavy (non-hydrogen) atoms. The van der Waals surface area contributed by atoms with Gasteiger partial charge >= 0.3 is 11.9 Å². The van der Waals surface area contributed by atoms with Gasteiger partial charge in [-0.3, -0.25) is 14.1 Å². The van der Waals surface area contributed by atoms with Gasteiger partial charge in [-0.05, 0) is 78.1 Å². The number of aliphatic hydroxyl groups is 1. The number of aliphatic hydroxyl groups excluding tert-OH is 1. The lowest BCUT2D eigenvalue weighted by Gasteiger charge is -2.39. The molecular weight excluding hydrogens is 634 g/mol. The molecule has 0 aromatic rings. The lowest BCUT2D eigenvalue weighted by atomic mass is 10.1. The molecule has 6 nitrogen and oxygen atoms in total. The van der Waals surface area contributed by atoms with E-state index >= 15 is 0 Å². The fourth-order valence-electron chi connectivity index (χ4n) is 6.65. The standard InChI is InChI=1S/C45H86NO5/c1-7-9-11-13-15-17-19-21-23-25-27-29-31-33-35-37-43(48)50-42(4)45(46(5,6)40-39-41(3)47)51-44(49)38-36-34-32-30-28-26-24-22-20-18-16-14-12-10-8-2/h21-24,41-42,45,47H,7-20,25-40H2,1-6H3/q+1/b23-21-,24-22-. The summed E-state index contributed by atoms with van der Waals surface area (Å²) >= 11 is 0. The van der Waals surface area contributed by atoms with Crippen molar-refractivity contribution in [3.05, 3.63) is 24.3 Å². The van der Waals surface area contributed by atoms with Gasteiger partial charge in [0, 0.05) is 19.3 Å². The molecule has 0 aromatic carbocycles. The van der Waals surface area contributed by atoms with Crippen LogP contribution >= 0.6 is 0 Å². The Morgan fingerprint density at radius 2 is 0.863 bits per heavy atom. The Morgan fingerprint density at radius 1 is 0.529 bits per heavy atom. The van der Waals surface area contributed by atoms with Crippen LogP contribution in [0, 0.1) is 0 Å². The first-order valence-electron chi connectivity index (χ1n) is 21.8. The number of hydrogen-bond acceptors (Lipinski definition) is 5. The Bertz CT molecular complexity index is 852. The second-order valence-electron chi connectivity index (χ2n) is 15.9. The Morgan fingerprint density at radius 3 is 1.24 bits per heavy atom. The molecule has 1 N–H and O–H groups in total. The van der Waals surface area contributed by atoms with E-state index in [1.165, 1.54) is 116 Å². The zero-order valence-electron chi connectivity index (χ0n) is 34.8. The maximum Gasteiger partial charge on any atom is 0.310 e. The summed E-state index contributed by atoms with van der Waals surface area (Å²) in [6, 6.07) is 0. The minimum atomic E-state index is -0.613. The van der Waals surface area contributed by atoms with Crippen LogP contribution in [0.15, 0.2) is 24.3 Å². The summed E-state index contributed by atoms with van der Waals surface area (Å²) in [5, 5.41) is 9.92. The molecule has 0 aromatic heterocycles. The summed E-state index contributed by atoms with van der Waals surface area (Å²) in [5.41, 5.74) is 0. The average molecular weight is 721 g/mol. The van der Waals surface area contributed by atoms with Gasteiger partial charge in [0.2, 0.25) is 0 Å². The zero-order valence-corrected chi connectivity index (χ0v) is 34.8. The third-order valence-corrected chi connectivity index (χ3v) is 10.1. The van der Waals surface area contributed by atoms with Gasteiger partial charge in [0.15, 0.2) is 6.10 Å². The fourth-order valence-corrected chi connectivity index (χ4v) is 6.65. The van der Waals surface area contributed by atoms with E-state index in [0.29, 0.717) is 30.3 Å². The summed E-state index contributed by atoms with van der Waals surface area (Å²) in [6.07, 6.45) is 40.7. The second-order valence-corrected chi connectivity index (χ2v) is 15.9. The zero-order chi connectivity index (χ0) is 37.8. The topological polar surface area (TPSA) is 72.8 Å². The molecule has 3 unspecified atom stereocenters. The Kier molecular flexibility index (Phi) is 34.2. The molecule has 0 rings (SSSR count). The lowest BCUT2D eigenvalue weighted by Crippen LogP contribution is -2.57. The number of esters is 2. The number of hydrogen-bond donors (Lipinski definition) is 1. The molecule has 0 heterocycles. The van der Waals surface area contributed by atoms with E-state index in [1.54, 1.807) is 6.92 Å². The highest BCUT2D eigenvalue weighted by molar-refractivity contribution is 5.70. The molecule has 0 radical (unpaired) electrons. The van der Waals surface area contributed by atoms with Crippen LogP contribution in [0.25, 0.3) is 0 Å². The van der Waals surface area contributed by atoms with Crippen LogP contribution in [0.2, 0.25) is 0 Å². The normalized spacial score (nSPS) is 13.9. The molecular formula is C45H86NO5+. The predicted octanol–water partition coefficient (Wildman–Crippen LogP) is 12.7. The number of carbonyl (C=O) groups excluding carboxylic acids is 2. The Labute approximate surface area is 317 Å². The largest absolute Gasteiger partial charge is 0.452 e. The van der Waals surface area contributed by atoms with Crippen molar-refractivity contribution in [1.29, 1.82) is 0 Å². The summed E-state index contributed by atoms with van der Waals surface area (Å²) in [5.74, 6) is -0.463. The maximum absolute atomic E-state index is 13.0. The minimum Gasteiger partial charge on any atom is -0.452 e. The van der Waals surface area contributed by atoms with Crippen LogP contribution in [0.4, 0.5) is 0 Å². The van der Waals surface area contributed by atoms with Gasteiger partial charge in [-0.25, -0.2) is 0 Å². The van der Waals surface area contributed by atoms with Gasteiger partial charge in [-0.15, -0.1) is 0 Å². The van der Waals surface area contributed by atoms with Gasteiger partial charge in [-0.1, -0.05) is 141 Å². The van der Waals surface area contributed by atoms with E-state index in [1.807, 2.05) is 21.0 Å². The van der Waals surface area contributed by atoms with Crippen molar-refractivity contribution in [3.8, 4) is 0 Å². The predicted molar refractivity (Wildman–Crippen MR) is 218 cm³/mol. The van der Waals surface area contributed by atoms with Gasteiger partial charge < -0.3 is 14.6 Å². The van der Waals surface area contributed by atoms with Crippen LogP contribution in [0.1, 0.15) is 214 Å². The van der Waals surface area contributed by atoms with Gasteiger partial charge in [-0.2, -0.15) is 0 Å². The number of nitrogens with zero attached hydrogens (tertiary/aromatic N) is 1. The van der Waals surface area contributed by atoms with Crippen molar-refractivity contribution in [2.45, 2.75) is 232 Å². The number of unbranched alkanes of at least 4 members (excludes halogenated alkanes) is 22. The molecule has 0 bridgehead atoms. The molecule has 300 valence electrons. The minimum absolute atomic E-state index is 0.228. The molecule has 0 aliphatic heterocycles. The first kappa shape index (κ1) is 49.3. The molecule has 0 aliphatic rings. The van der Waals surface area contributed by atoms with Crippen molar-refractivity contribution in [3.63, 3.8) is 0 Å². The van der Waals surface area contributed by atoms with Gasteiger partial charge in [0.05, 0.1) is 26.7 Å². The van der Waals surface area contributed by atoms with Gasteiger partial charge in [0.25, 0.3) is 6.23 Å². The Balaban J connectivity index is 4.33. The van der Waals surface area contributed by atoms with Crippen LogP contribution in [0.3, 0.4) is 0 Å². The molecule has 0 aliphatic carbocycles. The molecule has 0 saturated heterocycles. The first-order valence-corrected chi connectivity index (χ1v) is 21.8. The first-order chi connectivity index (χ1) is 24.6. The molecule has 0 amide bonds. The quantitative estimate of drug-likeness (QED) is 0.0227. The molecule has 0 spiro atoms. The van der Waals surface area contributed by atoms with Crippen molar-refractivity contribution in [1.82, 2.24) is 0 Å². The molecule has 6 heteroatoms. The summed E-state index contributed by atoms with van der Waals surface area (Å²) in [7, 11) is 3.97. The molecule has 0 fully saturated rings. The number of allylic oxidation sites excluding steroid dienone is 4. The second kappa shape index (κ2) is 35.4. The number of ether oxygens (including phenoxy) is 2. The highest BCUT2D eigenvalue weighted by Crippen LogP contribution is 2.20. The highest BCUT2D eigenvalue weighted by Gasteiger charge is 2.39. The lowest BCUT2D eigenvalue weighted by molar-refractivity contribution is -0.938. The van der Waals surface area contributed by atoms with Crippen LogP contribution in [-0.2, 0) is 19.1 Å². The maximum atomic E-state index is 13.0. The number of carbonyl (C=O) groups is 2. The van der Waals surface area contributed by atoms with Crippen LogP contribution in [-0.4, -0.2) is 60.6 Å². The van der Waals surface area contributed by atoms with E-state index in [4.69, 9.17) is 9.47 Å². The van der Waals surface area contributed by atoms with E-state index < -0.39 is 18.4 Å². The Hall–Kier alpha value is -1.66. The average Bonchev–Trinajstić information content (AvgIpc) is 3.09. The van der Waals surface area contributed by atoms with E-state index in [0.717, 1.165) is 51.4 Å². The van der Waals surface area contributed by atoms with Crippen LogP contribution < -0.4 is 0 Å². The number of likely N-dealkylation sites (N-methyl/N-ethyl adjacent to an activating group) is 1. The smallest absolute Gasteiger partial charge is 0.310 e. The molecule has 3 atom stereocenters. The SMILES string of the molecule is CCCCCCCC/C=C\CCCCCCCC(=O)OC(C)C(OC(=O)CCCCCCC/C=C\CCCCCCCC)[N+](C)(C)CCC(C)O. The molecule has 0 saturated carbocycles. The van der Waals surface area contributed by atoms with E-state index in [2.05, 4.69) is 38.2 Å². The van der Waals surface area contributed by atoms with E-state index in [-0.39, 0.29) is 11.9 Å². The summed E-state index contributed by atoms with van der Waals surface area (Å²) in [4.78, 5) is 25.7. The van der Waals surface area contributed by atoms with Crippen molar-refractivity contribution >= 4 is 11.9 Å².